The molecule has 0 aromatic carbocycles. The van der Waals surface area contributed by atoms with Crippen molar-refractivity contribution in [1.29, 1.82) is 5.26 Å². The van der Waals surface area contributed by atoms with E-state index in [4.69, 9.17) is 5.73 Å². The first kappa shape index (κ1) is 19.6. The predicted molar refractivity (Wildman–Crippen MR) is 118 cm³/mol. The number of nitrogens with zero attached hydrogens (tertiary/aromatic N) is 6. The zero-order chi connectivity index (χ0) is 21.8. The Kier molecular flexibility index (Phi) is 4.61. The van der Waals surface area contributed by atoms with E-state index >= 15 is 0 Å². The Morgan fingerprint density at radius 1 is 1.16 bits per heavy atom. The highest BCUT2D eigenvalue weighted by molar-refractivity contribution is 5.81. The highest BCUT2D eigenvalue weighted by Crippen LogP contribution is 2.48. The lowest BCUT2D eigenvalue weighted by atomic mass is 10.0. The summed E-state index contributed by atoms with van der Waals surface area (Å²) in [5.41, 5.74) is 8.63. The molecule has 2 N–H and O–H groups in total. The van der Waals surface area contributed by atoms with Gasteiger partial charge in [0.15, 0.2) is 0 Å². The molecule has 8 heteroatoms. The molecule has 2 aromatic rings. The number of nitrogen functional groups attached to an aromatic ring is 1. The van der Waals surface area contributed by atoms with Crippen LogP contribution in [0.3, 0.4) is 0 Å². The van der Waals surface area contributed by atoms with E-state index in [1.807, 2.05) is 6.07 Å². The topological polar surface area (TPSA) is 112 Å². The summed E-state index contributed by atoms with van der Waals surface area (Å²) < 4.78 is 0. The number of piperazine rings is 1. The summed E-state index contributed by atoms with van der Waals surface area (Å²) in [5.74, 6) is 1.84. The Morgan fingerprint density at radius 2 is 2.00 bits per heavy atom. The van der Waals surface area contributed by atoms with E-state index in [1.54, 1.807) is 18.5 Å². The summed E-state index contributed by atoms with van der Waals surface area (Å²) >= 11 is 0. The van der Waals surface area contributed by atoms with Crippen LogP contribution in [0.1, 0.15) is 49.3 Å². The van der Waals surface area contributed by atoms with E-state index in [2.05, 4.69) is 30.8 Å². The predicted octanol–water partition coefficient (Wildman–Crippen LogP) is 2.18. The number of hydrogen-bond acceptors (Lipinski definition) is 7. The zero-order valence-corrected chi connectivity index (χ0v) is 18.0. The van der Waals surface area contributed by atoms with E-state index in [1.165, 1.54) is 12.8 Å². The Balaban J connectivity index is 1.18. The molecule has 3 heterocycles. The maximum absolute atomic E-state index is 12.8. The van der Waals surface area contributed by atoms with E-state index in [0.717, 1.165) is 50.2 Å². The molecule has 3 aliphatic carbocycles. The summed E-state index contributed by atoms with van der Waals surface area (Å²) in [7, 11) is 0. The average molecular weight is 430 g/mol. The molecule has 1 aliphatic heterocycles. The van der Waals surface area contributed by atoms with Crippen LogP contribution in [0.2, 0.25) is 0 Å². The molecule has 4 aliphatic rings. The van der Waals surface area contributed by atoms with Gasteiger partial charge in [-0.25, -0.2) is 9.97 Å². The molecule has 2 unspecified atom stereocenters. The minimum atomic E-state index is 0.205. The maximum Gasteiger partial charge on any atom is 0.226 e. The monoisotopic (exact) mass is 429 g/mol. The fourth-order valence-corrected chi connectivity index (χ4v) is 5.27. The van der Waals surface area contributed by atoms with Crippen LogP contribution in [0.4, 0.5) is 5.95 Å². The molecule has 0 radical (unpaired) electrons. The Morgan fingerprint density at radius 3 is 2.72 bits per heavy atom. The molecule has 0 bridgehead atoms. The van der Waals surface area contributed by atoms with Crippen molar-refractivity contribution in [2.45, 2.75) is 50.1 Å². The number of rotatable bonds is 5. The highest BCUT2D eigenvalue weighted by Gasteiger charge is 2.50. The standard InChI is InChI=1S/C24H27N7O/c25-11-16-9-17(19-5-6-27-24(26)29-19)12-28-22(16)18-10-20(18)30-7-8-31(23(32)15-3-4-15)21(13-30)14-1-2-14/h5-6,9,12,14-15,18,20-21H,1-4,7-8,10,13H2,(H2,26,27,29)/t18-,20?,21?/m1/s1. The molecule has 6 rings (SSSR count). The number of carbonyl (C=O) groups is 1. The van der Waals surface area contributed by atoms with Gasteiger partial charge in [-0.15, -0.1) is 0 Å². The second kappa shape index (κ2) is 7.52. The van der Waals surface area contributed by atoms with E-state index in [-0.39, 0.29) is 11.9 Å². The van der Waals surface area contributed by atoms with Crippen molar-refractivity contribution in [2.75, 3.05) is 25.4 Å². The molecule has 164 valence electrons. The van der Waals surface area contributed by atoms with Gasteiger partial charge in [0.1, 0.15) is 6.07 Å². The summed E-state index contributed by atoms with van der Waals surface area (Å²) in [6.45, 7) is 2.72. The van der Waals surface area contributed by atoms with Gasteiger partial charge in [-0.1, -0.05) is 0 Å². The van der Waals surface area contributed by atoms with Crippen LogP contribution in [0.15, 0.2) is 24.5 Å². The summed E-state index contributed by atoms with van der Waals surface area (Å²) in [6.07, 6.45) is 9.05. The van der Waals surface area contributed by atoms with Gasteiger partial charge < -0.3 is 10.6 Å². The van der Waals surface area contributed by atoms with Gasteiger partial charge in [0.25, 0.3) is 0 Å². The molecule has 8 nitrogen and oxygen atoms in total. The van der Waals surface area contributed by atoms with Crippen molar-refractivity contribution < 1.29 is 4.79 Å². The SMILES string of the molecule is N#Cc1cc(-c2ccnc(N)n2)cnc1[C@@H]1CC1N1CCN(C(=O)C2CC2)C(C2CC2)C1. The lowest BCUT2D eigenvalue weighted by molar-refractivity contribution is -0.138. The van der Waals surface area contributed by atoms with E-state index < -0.39 is 0 Å². The number of amides is 1. The molecule has 1 saturated heterocycles. The normalized spacial score (nSPS) is 27.7. The van der Waals surface area contributed by atoms with Crippen LogP contribution in [0.25, 0.3) is 11.3 Å². The number of nitrogens with two attached hydrogens (primary N) is 1. The number of carbonyl (C=O) groups excluding carboxylic acids is 1. The Hall–Kier alpha value is -3.05. The van der Waals surface area contributed by atoms with Gasteiger partial charge in [-0.3, -0.25) is 14.7 Å². The molecule has 2 aromatic heterocycles. The smallest absolute Gasteiger partial charge is 0.226 e. The van der Waals surface area contributed by atoms with Crippen LogP contribution in [-0.4, -0.2) is 62.4 Å². The number of aromatic nitrogens is 3. The zero-order valence-electron chi connectivity index (χ0n) is 18.0. The second-order valence-corrected chi connectivity index (χ2v) is 9.68. The number of hydrogen-bond donors (Lipinski definition) is 1. The molecule has 0 spiro atoms. The van der Waals surface area contributed by atoms with Crippen molar-refractivity contribution >= 4 is 11.9 Å². The minimum absolute atomic E-state index is 0.205. The molecule has 4 fully saturated rings. The largest absolute Gasteiger partial charge is 0.368 e. The van der Waals surface area contributed by atoms with Gasteiger partial charge in [0.2, 0.25) is 11.9 Å². The number of nitriles is 1. The first-order chi connectivity index (χ1) is 15.6. The number of anilines is 1. The Bertz CT molecular complexity index is 1100. The van der Waals surface area contributed by atoms with Crippen molar-refractivity contribution in [3.8, 4) is 17.3 Å². The fourth-order valence-electron chi connectivity index (χ4n) is 5.27. The van der Waals surface area contributed by atoms with Crippen molar-refractivity contribution in [1.82, 2.24) is 24.8 Å². The summed E-state index contributed by atoms with van der Waals surface area (Å²) in [6, 6.07) is 6.75. The molecular weight excluding hydrogens is 402 g/mol. The third-order valence-corrected chi connectivity index (χ3v) is 7.41. The maximum atomic E-state index is 12.8. The van der Waals surface area contributed by atoms with Gasteiger partial charge >= 0.3 is 0 Å². The molecular formula is C24H27N7O. The van der Waals surface area contributed by atoms with E-state index in [0.29, 0.717) is 41.1 Å². The summed E-state index contributed by atoms with van der Waals surface area (Å²) in [4.78, 5) is 30.4. The van der Waals surface area contributed by atoms with E-state index in [9.17, 15) is 10.1 Å². The van der Waals surface area contributed by atoms with Crippen LogP contribution in [0, 0.1) is 23.2 Å². The van der Waals surface area contributed by atoms with Crippen LogP contribution in [-0.2, 0) is 4.79 Å². The van der Waals surface area contributed by atoms with Crippen LogP contribution >= 0.6 is 0 Å². The highest BCUT2D eigenvalue weighted by atomic mass is 16.2. The summed E-state index contributed by atoms with van der Waals surface area (Å²) in [5, 5.41) is 9.79. The third kappa shape index (κ3) is 3.61. The van der Waals surface area contributed by atoms with Crippen molar-refractivity contribution in [2.24, 2.45) is 11.8 Å². The quantitative estimate of drug-likeness (QED) is 0.775. The molecule has 3 saturated carbocycles. The Labute approximate surface area is 187 Å². The first-order valence-corrected chi connectivity index (χ1v) is 11.7. The van der Waals surface area contributed by atoms with Gasteiger partial charge in [-0.05, 0) is 50.2 Å². The van der Waals surface area contributed by atoms with Crippen molar-refractivity contribution in [3.63, 3.8) is 0 Å². The molecule has 3 atom stereocenters. The third-order valence-electron chi connectivity index (χ3n) is 7.41. The number of pyridine rings is 1. The van der Waals surface area contributed by atoms with Gasteiger partial charge in [0, 0.05) is 61.5 Å². The lowest BCUT2D eigenvalue weighted by Crippen LogP contribution is -2.57. The fraction of sp³-hybridized carbons (Fsp3) is 0.542. The van der Waals surface area contributed by atoms with Crippen LogP contribution in [0.5, 0.6) is 0 Å². The molecule has 32 heavy (non-hydrogen) atoms. The molecule has 1 amide bonds. The van der Waals surface area contributed by atoms with Crippen LogP contribution < -0.4 is 5.73 Å². The van der Waals surface area contributed by atoms with Gasteiger partial charge in [-0.2, -0.15) is 5.26 Å². The van der Waals surface area contributed by atoms with Gasteiger partial charge in [0.05, 0.1) is 17.0 Å². The minimum Gasteiger partial charge on any atom is -0.368 e. The van der Waals surface area contributed by atoms with Crippen molar-refractivity contribution in [3.05, 3.63) is 35.8 Å². The lowest BCUT2D eigenvalue weighted by Gasteiger charge is -2.42. The second-order valence-electron chi connectivity index (χ2n) is 9.68. The first-order valence-electron chi connectivity index (χ1n) is 11.7. The average Bonchev–Trinajstić information content (AvgIpc) is 3.68.